The Balaban J connectivity index is 1.26. The molecule has 2 N–H and O–H groups in total. The van der Waals surface area contributed by atoms with Crippen molar-refractivity contribution in [3.8, 4) is 0 Å². The van der Waals surface area contributed by atoms with Crippen LogP contribution in [0.3, 0.4) is 0 Å². The summed E-state index contributed by atoms with van der Waals surface area (Å²) in [6.07, 6.45) is 16.1. The molecule has 0 aliphatic heterocycles. The minimum Gasteiger partial charge on any atom is -0.372 e. The number of ether oxygens (including phenoxy) is 1. The van der Waals surface area contributed by atoms with Gasteiger partial charge in [0, 0.05) is 11.6 Å². The third-order valence-corrected chi connectivity index (χ3v) is 10.1. The molecule has 35 heavy (non-hydrogen) atoms. The molecule has 0 saturated heterocycles. The molecule has 6 rings (SSSR count). The molecule has 0 amide bonds. The first-order valence-electron chi connectivity index (χ1n) is 13.7. The monoisotopic (exact) mass is 471 g/mol. The van der Waals surface area contributed by atoms with Crippen LogP contribution in [0.25, 0.3) is 16.5 Å². The van der Waals surface area contributed by atoms with Crippen molar-refractivity contribution in [2.45, 2.75) is 91.3 Å². The second kappa shape index (κ2) is 7.90. The number of hydrogen-bond acceptors (Lipinski definition) is 4. The number of aromatic nitrogens is 2. The molecular weight excluding hydrogens is 430 g/mol. The molecule has 1 aromatic carbocycles. The van der Waals surface area contributed by atoms with Crippen LogP contribution in [-0.4, -0.2) is 21.7 Å². The van der Waals surface area contributed by atoms with Crippen LogP contribution in [0.5, 0.6) is 0 Å². The van der Waals surface area contributed by atoms with Crippen LogP contribution in [-0.2, 0) is 4.74 Å². The number of nitrogens with two attached hydrogens (primary N) is 1. The van der Waals surface area contributed by atoms with Crippen molar-refractivity contribution in [3.63, 3.8) is 0 Å². The van der Waals surface area contributed by atoms with Crippen LogP contribution in [0, 0.1) is 28.6 Å². The molecule has 0 bridgehead atoms. The Hall–Kier alpha value is -2.20. The average molecular weight is 472 g/mol. The second-order valence-electron chi connectivity index (χ2n) is 13.2. The van der Waals surface area contributed by atoms with Gasteiger partial charge in [-0.3, -0.25) is 0 Å². The van der Waals surface area contributed by atoms with Gasteiger partial charge in [0.1, 0.15) is 0 Å². The molecule has 4 aliphatic carbocycles. The van der Waals surface area contributed by atoms with E-state index in [9.17, 15) is 0 Å². The van der Waals surface area contributed by atoms with E-state index in [4.69, 9.17) is 10.5 Å². The Morgan fingerprint density at radius 3 is 2.60 bits per heavy atom. The fourth-order valence-corrected chi connectivity index (χ4v) is 8.46. The Labute approximate surface area is 210 Å². The van der Waals surface area contributed by atoms with Gasteiger partial charge < -0.3 is 10.5 Å². The van der Waals surface area contributed by atoms with Gasteiger partial charge in [0.25, 0.3) is 0 Å². The summed E-state index contributed by atoms with van der Waals surface area (Å²) in [5.41, 5.74) is 11.8. The molecule has 2 aromatic rings. The van der Waals surface area contributed by atoms with Gasteiger partial charge in [-0.05, 0) is 118 Å². The smallest absolute Gasteiger partial charge is 0.220 e. The highest BCUT2D eigenvalue weighted by Gasteiger charge is 2.57. The summed E-state index contributed by atoms with van der Waals surface area (Å²) >= 11 is 0. The lowest BCUT2D eigenvalue weighted by Crippen LogP contribution is -2.50. The van der Waals surface area contributed by atoms with Gasteiger partial charge in [0.05, 0.1) is 17.2 Å². The SMILES string of the molecule is CC(C)(C)O[C@@H]1CC[C@@]2(C)C(=CC[C@@H]3[C@@H]2CC[C@]2(C)C(c4ccc5nc(N)ncc5c4)=CC[C@@H]32)C1. The fraction of sp³-hybridized carbons (Fsp3) is 0.613. The molecule has 4 aliphatic rings. The van der Waals surface area contributed by atoms with E-state index in [1.54, 1.807) is 11.1 Å². The van der Waals surface area contributed by atoms with Crippen molar-refractivity contribution in [2.24, 2.45) is 28.6 Å². The van der Waals surface area contributed by atoms with Crippen molar-refractivity contribution < 1.29 is 4.74 Å². The number of fused-ring (bicyclic) bond motifs is 6. The van der Waals surface area contributed by atoms with E-state index in [0.717, 1.165) is 35.1 Å². The van der Waals surface area contributed by atoms with E-state index in [1.807, 2.05) is 6.20 Å². The van der Waals surface area contributed by atoms with E-state index < -0.39 is 0 Å². The number of hydrogen-bond donors (Lipinski definition) is 1. The molecule has 0 radical (unpaired) electrons. The van der Waals surface area contributed by atoms with E-state index in [0.29, 0.717) is 17.5 Å². The Kier molecular flexibility index (Phi) is 5.24. The molecule has 0 spiro atoms. The number of rotatable bonds is 2. The summed E-state index contributed by atoms with van der Waals surface area (Å²) in [6.45, 7) is 11.7. The van der Waals surface area contributed by atoms with Crippen molar-refractivity contribution >= 4 is 22.4 Å². The number of allylic oxidation sites excluding steroid dienone is 3. The van der Waals surface area contributed by atoms with E-state index in [2.05, 4.69) is 74.9 Å². The zero-order valence-electron chi connectivity index (χ0n) is 22.1. The Bertz CT molecular complexity index is 1220. The van der Waals surface area contributed by atoms with E-state index in [-0.39, 0.29) is 11.0 Å². The molecule has 1 aromatic heterocycles. The highest BCUT2D eigenvalue weighted by molar-refractivity contribution is 5.85. The lowest BCUT2D eigenvalue weighted by atomic mass is 9.47. The maximum absolute atomic E-state index is 6.43. The molecule has 2 fully saturated rings. The van der Waals surface area contributed by atoms with Crippen molar-refractivity contribution in [3.05, 3.63) is 47.7 Å². The lowest BCUT2D eigenvalue weighted by molar-refractivity contribution is -0.0894. The molecular formula is C31H41N3O. The number of nitrogens with zero attached hydrogens (tertiary/aromatic N) is 2. The largest absolute Gasteiger partial charge is 0.372 e. The maximum atomic E-state index is 6.43. The highest BCUT2D eigenvalue weighted by Crippen LogP contribution is 2.66. The van der Waals surface area contributed by atoms with Gasteiger partial charge in [0.2, 0.25) is 5.95 Å². The van der Waals surface area contributed by atoms with Crippen molar-refractivity contribution in [1.29, 1.82) is 0 Å². The molecule has 1 heterocycles. The van der Waals surface area contributed by atoms with Gasteiger partial charge >= 0.3 is 0 Å². The standard InChI is InChI=1S/C31H41N3O/c1-29(2,3)35-22-12-14-30(4)21(17-22)7-8-23-25-10-9-24(31(25,5)15-13-26(23)30)19-6-11-27-20(16-19)18-33-28(32)34-27/h6-7,9,11,16,18,22-23,25-26H,8,10,12-15,17H2,1-5H3,(H2,32,33,34)/t22-,23+,25+,26+,30+,31-/m1/s1. The Morgan fingerprint density at radius 2 is 1.80 bits per heavy atom. The zero-order valence-corrected chi connectivity index (χ0v) is 22.1. The van der Waals surface area contributed by atoms with Gasteiger partial charge in [-0.15, -0.1) is 0 Å². The second-order valence-corrected chi connectivity index (χ2v) is 13.2. The lowest BCUT2D eigenvalue weighted by Gasteiger charge is -2.58. The fourth-order valence-electron chi connectivity index (χ4n) is 8.46. The van der Waals surface area contributed by atoms with Gasteiger partial charge in [-0.2, -0.15) is 0 Å². The average Bonchev–Trinajstić information content (AvgIpc) is 3.15. The van der Waals surface area contributed by atoms with Crippen LogP contribution < -0.4 is 5.73 Å². The van der Waals surface area contributed by atoms with Crippen LogP contribution in [0.1, 0.15) is 85.1 Å². The maximum Gasteiger partial charge on any atom is 0.220 e. The van der Waals surface area contributed by atoms with Gasteiger partial charge in [-0.25, -0.2) is 9.97 Å². The first kappa shape index (κ1) is 23.2. The van der Waals surface area contributed by atoms with Crippen LogP contribution in [0.2, 0.25) is 0 Å². The molecule has 4 heteroatoms. The summed E-state index contributed by atoms with van der Waals surface area (Å²) in [7, 11) is 0. The minimum atomic E-state index is -0.0593. The summed E-state index contributed by atoms with van der Waals surface area (Å²) in [6, 6.07) is 6.63. The minimum absolute atomic E-state index is 0.0593. The normalized spacial score (nSPS) is 36.7. The number of nitrogen functional groups attached to an aromatic ring is 1. The first-order valence-corrected chi connectivity index (χ1v) is 13.7. The number of anilines is 1. The predicted molar refractivity (Wildman–Crippen MR) is 144 cm³/mol. The third kappa shape index (κ3) is 3.75. The first-order chi connectivity index (χ1) is 16.6. The number of benzene rings is 1. The summed E-state index contributed by atoms with van der Waals surface area (Å²) in [4.78, 5) is 8.63. The van der Waals surface area contributed by atoms with Crippen LogP contribution in [0.15, 0.2) is 42.1 Å². The molecule has 6 atom stereocenters. The molecule has 2 saturated carbocycles. The van der Waals surface area contributed by atoms with Crippen LogP contribution in [0.4, 0.5) is 5.95 Å². The zero-order chi connectivity index (χ0) is 24.6. The Morgan fingerprint density at radius 1 is 1.00 bits per heavy atom. The summed E-state index contributed by atoms with van der Waals surface area (Å²) in [5.74, 6) is 2.65. The molecule has 0 unspecified atom stereocenters. The molecule has 186 valence electrons. The summed E-state index contributed by atoms with van der Waals surface area (Å²) in [5, 5.41) is 1.07. The quantitative estimate of drug-likeness (QED) is 0.465. The van der Waals surface area contributed by atoms with Crippen molar-refractivity contribution in [1.82, 2.24) is 9.97 Å². The highest BCUT2D eigenvalue weighted by atomic mass is 16.5. The van der Waals surface area contributed by atoms with Crippen molar-refractivity contribution in [2.75, 3.05) is 5.73 Å². The van der Waals surface area contributed by atoms with E-state index in [1.165, 1.54) is 44.1 Å². The predicted octanol–water partition coefficient (Wildman–Crippen LogP) is 7.35. The van der Waals surface area contributed by atoms with Crippen LogP contribution >= 0.6 is 0 Å². The molecule has 4 nitrogen and oxygen atoms in total. The third-order valence-electron chi connectivity index (χ3n) is 10.1. The van der Waals surface area contributed by atoms with Gasteiger partial charge in [-0.1, -0.05) is 37.6 Å². The summed E-state index contributed by atoms with van der Waals surface area (Å²) < 4.78 is 6.43. The van der Waals surface area contributed by atoms with E-state index >= 15 is 0 Å². The topological polar surface area (TPSA) is 61.0 Å². The van der Waals surface area contributed by atoms with Gasteiger partial charge in [0.15, 0.2) is 0 Å².